The Bertz CT molecular complexity index is 374. The third-order valence-corrected chi connectivity index (χ3v) is 2.36. The summed E-state index contributed by atoms with van der Waals surface area (Å²) in [5.41, 5.74) is 0. The Morgan fingerprint density at radius 2 is 2.06 bits per heavy atom. The predicted octanol–water partition coefficient (Wildman–Crippen LogP) is 2.32. The van der Waals surface area contributed by atoms with Crippen molar-refractivity contribution in [3.05, 3.63) is 23.6 Å². The molecule has 1 atom stereocenters. The van der Waals surface area contributed by atoms with Crippen molar-refractivity contribution in [2.24, 2.45) is 5.92 Å². The zero-order valence-electron chi connectivity index (χ0n) is 9.51. The Morgan fingerprint density at radius 3 is 2.71 bits per heavy atom. The fraction of sp³-hybridized carbons (Fsp3) is 0.545. The summed E-state index contributed by atoms with van der Waals surface area (Å²) in [6.07, 6.45) is 1.44. The molecule has 0 saturated carbocycles. The molecule has 1 aromatic heterocycles. The van der Waals surface area contributed by atoms with E-state index in [0.717, 1.165) is 6.42 Å². The lowest BCUT2D eigenvalue weighted by Gasteiger charge is -2.09. The maximum absolute atomic E-state index is 13.1. The van der Waals surface area contributed by atoms with E-state index in [-0.39, 0.29) is 18.3 Å². The highest BCUT2D eigenvalue weighted by molar-refractivity contribution is 5.35. The van der Waals surface area contributed by atoms with E-state index in [0.29, 0.717) is 19.0 Å². The number of aromatic nitrogens is 1. The van der Waals surface area contributed by atoms with Gasteiger partial charge in [-0.05, 0) is 18.8 Å². The van der Waals surface area contributed by atoms with Crippen molar-refractivity contribution in [2.75, 3.05) is 18.5 Å². The highest BCUT2D eigenvalue weighted by Gasteiger charge is 2.11. The molecule has 1 unspecified atom stereocenters. The van der Waals surface area contributed by atoms with Crippen molar-refractivity contribution in [1.82, 2.24) is 4.98 Å². The van der Waals surface area contributed by atoms with Crippen molar-refractivity contribution in [1.29, 1.82) is 0 Å². The van der Waals surface area contributed by atoms with E-state index in [1.807, 2.05) is 6.92 Å². The summed E-state index contributed by atoms with van der Waals surface area (Å²) in [6, 6.07) is 0.459. The lowest BCUT2D eigenvalue weighted by atomic mass is 10.1. The van der Waals surface area contributed by atoms with Crippen LogP contribution in [0.2, 0.25) is 0 Å². The molecule has 96 valence electrons. The van der Waals surface area contributed by atoms with E-state index in [1.54, 1.807) is 0 Å². The van der Waals surface area contributed by atoms with Gasteiger partial charge in [0.05, 0.1) is 0 Å². The van der Waals surface area contributed by atoms with Gasteiger partial charge in [0.15, 0.2) is 17.5 Å². The Hall–Kier alpha value is -1.30. The van der Waals surface area contributed by atoms with Crippen molar-refractivity contribution < 1.29 is 18.3 Å². The Morgan fingerprint density at radius 1 is 1.35 bits per heavy atom. The van der Waals surface area contributed by atoms with Crippen molar-refractivity contribution in [3.8, 4) is 0 Å². The normalized spacial score (nSPS) is 12.5. The fourth-order valence-electron chi connectivity index (χ4n) is 1.32. The molecule has 0 spiro atoms. The maximum Gasteiger partial charge on any atom is 0.251 e. The van der Waals surface area contributed by atoms with Crippen LogP contribution in [0.1, 0.15) is 19.8 Å². The van der Waals surface area contributed by atoms with Gasteiger partial charge >= 0.3 is 0 Å². The van der Waals surface area contributed by atoms with Crippen LogP contribution in [0.3, 0.4) is 0 Å². The van der Waals surface area contributed by atoms with Gasteiger partial charge in [0.25, 0.3) is 5.95 Å². The first kappa shape index (κ1) is 13.8. The molecule has 17 heavy (non-hydrogen) atoms. The van der Waals surface area contributed by atoms with Gasteiger partial charge in [-0.1, -0.05) is 6.92 Å². The second kappa shape index (κ2) is 6.44. The summed E-state index contributed by atoms with van der Waals surface area (Å²) < 4.78 is 38.4. The Balaban J connectivity index is 2.44. The van der Waals surface area contributed by atoms with Gasteiger partial charge in [0, 0.05) is 19.2 Å². The van der Waals surface area contributed by atoms with E-state index in [1.165, 1.54) is 0 Å². The maximum atomic E-state index is 13.1. The van der Waals surface area contributed by atoms with Gasteiger partial charge in [-0.15, -0.1) is 0 Å². The minimum absolute atomic E-state index is 0.0950. The Labute approximate surface area is 97.7 Å². The molecule has 1 heterocycles. The lowest BCUT2D eigenvalue weighted by Crippen LogP contribution is -2.09. The van der Waals surface area contributed by atoms with E-state index in [9.17, 15) is 13.2 Å². The van der Waals surface area contributed by atoms with E-state index in [4.69, 9.17) is 5.11 Å². The summed E-state index contributed by atoms with van der Waals surface area (Å²) >= 11 is 0. The van der Waals surface area contributed by atoms with Crippen molar-refractivity contribution in [3.63, 3.8) is 0 Å². The van der Waals surface area contributed by atoms with Crippen LogP contribution in [0.5, 0.6) is 0 Å². The SMILES string of the molecule is CC(CO)CCCNc1nc(F)c(F)cc1F. The van der Waals surface area contributed by atoms with Crippen LogP contribution in [0, 0.1) is 23.5 Å². The summed E-state index contributed by atoms with van der Waals surface area (Å²) in [4.78, 5) is 3.13. The number of nitrogens with one attached hydrogen (secondary N) is 1. The quantitative estimate of drug-likeness (QED) is 0.600. The van der Waals surface area contributed by atoms with E-state index >= 15 is 0 Å². The first-order chi connectivity index (χ1) is 8.04. The topological polar surface area (TPSA) is 45.1 Å². The summed E-state index contributed by atoms with van der Waals surface area (Å²) in [6.45, 7) is 2.37. The molecule has 0 radical (unpaired) electrons. The molecule has 0 aliphatic rings. The highest BCUT2D eigenvalue weighted by atomic mass is 19.2. The third-order valence-electron chi connectivity index (χ3n) is 2.36. The molecular formula is C11H15F3N2O. The average Bonchev–Trinajstić information content (AvgIpc) is 2.30. The van der Waals surface area contributed by atoms with Crippen LogP contribution in [0.25, 0.3) is 0 Å². The molecular weight excluding hydrogens is 233 g/mol. The van der Waals surface area contributed by atoms with Gasteiger partial charge in [-0.2, -0.15) is 9.37 Å². The van der Waals surface area contributed by atoms with Crippen LogP contribution in [-0.4, -0.2) is 23.2 Å². The number of halogens is 3. The van der Waals surface area contributed by atoms with Gasteiger partial charge in [-0.3, -0.25) is 0 Å². The van der Waals surface area contributed by atoms with Gasteiger partial charge in [0.2, 0.25) is 0 Å². The number of nitrogens with zero attached hydrogens (tertiary/aromatic N) is 1. The van der Waals surface area contributed by atoms with Crippen LogP contribution >= 0.6 is 0 Å². The molecule has 1 aromatic rings. The minimum Gasteiger partial charge on any atom is -0.396 e. The first-order valence-corrected chi connectivity index (χ1v) is 5.41. The average molecular weight is 248 g/mol. The van der Waals surface area contributed by atoms with Crippen molar-refractivity contribution >= 4 is 5.82 Å². The minimum atomic E-state index is -1.32. The van der Waals surface area contributed by atoms with Crippen LogP contribution in [0.4, 0.5) is 19.0 Å². The Kier molecular flexibility index (Phi) is 5.21. The molecule has 0 fully saturated rings. The van der Waals surface area contributed by atoms with Crippen LogP contribution in [0.15, 0.2) is 6.07 Å². The lowest BCUT2D eigenvalue weighted by molar-refractivity contribution is 0.229. The predicted molar refractivity (Wildman–Crippen MR) is 58.1 cm³/mol. The molecule has 0 saturated heterocycles. The van der Waals surface area contributed by atoms with Gasteiger partial charge in [-0.25, -0.2) is 8.78 Å². The standard InChI is InChI=1S/C11H15F3N2O/c1-7(6-17)3-2-4-15-11-9(13)5-8(12)10(14)16-11/h5,7,17H,2-4,6H2,1H3,(H,15,16). The monoisotopic (exact) mass is 248 g/mol. The summed E-state index contributed by atoms with van der Waals surface area (Å²) in [5, 5.41) is 11.4. The number of hydrogen-bond acceptors (Lipinski definition) is 3. The van der Waals surface area contributed by atoms with Crippen LogP contribution < -0.4 is 5.32 Å². The molecule has 0 aliphatic carbocycles. The van der Waals surface area contributed by atoms with Crippen molar-refractivity contribution in [2.45, 2.75) is 19.8 Å². The van der Waals surface area contributed by atoms with Gasteiger partial charge < -0.3 is 10.4 Å². The zero-order valence-corrected chi connectivity index (χ0v) is 9.51. The molecule has 0 aromatic carbocycles. The molecule has 0 amide bonds. The molecule has 6 heteroatoms. The molecule has 0 bridgehead atoms. The summed E-state index contributed by atoms with van der Waals surface area (Å²) in [5.74, 6) is -3.67. The highest BCUT2D eigenvalue weighted by Crippen LogP contribution is 2.14. The molecule has 0 aliphatic heterocycles. The number of aliphatic hydroxyl groups is 1. The molecule has 2 N–H and O–H groups in total. The first-order valence-electron chi connectivity index (χ1n) is 5.41. The number of rotatable bonds is 6. The number of aliphatic hydroxyl groups excluding tert-OH is 1. The van der Waals surface area contributed by atoms with E-state index in [2.05, 4.69) is 10.3 Å². The summed E-state index contributed by atoms with van der Waals surface area (Å²) in [7, 11) is 0. The number of hydrogen-bond donors (Lipinski definition) is 2. The second-order valence-electron chi connectivity index (χ2n) is 3.95. The largest absolute Gasteiger partial charge is 0.396 e. The molecule has 3 nitrogen and oxygen atoms in total. The molecule has 1 rings (SSSR count). The fourth-order valence-corrected chi connectivity index (χ4v) is 1.32. The smallest absolute Gasteiger partial charge is 0.251 e. The second-order valence-corrected chi connectivity index (χ2v) is 3.95. The zero-order chi connectivity index (χ0) is 12.8. The third kappa shape index (κ3) is 4.22. The number of pyridine rings is 1. The van der Waals surface area contributed by atoms with E-state index < -0.39 is 17.6 Å². The van der Waals surface area contributed by atoms with Crippen LogP contribution in [-0.2, 0) is 0 Å². The number of anilines is 1. The van der Waals surface area contributed by atoms with Gasteiger partial charge in [0.1, 0.15) is 0 Å².